The minimum absolute atomic E-state index is 0.0694. The van der Waals surface area contributed by atoms with Crippen LogP contribution in [0.4, 0.5) is 13.2 Å². The highest BCUT2D eigenvalue weighted by Gasteiger charge is 2.39. The van der Waals surface area contributed by atoms with E-state index in [4.69, 9.17) is 0 Å². The zero-order chi connectivity index (χ0) is 8.48. The van der Waals surface area contributed by atoms with Crippen molar-refractivity contribution < 1.29 is 13.2 Å². The second-order valence-corrected chi connectivity index (χ2v) is 3.33. The Bertz CT molecular complexity index is 126. The fourth-order valence-corrected chi connectivity index (χ4v) is 1.74. The molecule has 2 unspecified atom stereocenters. The molecular weight excluding hydrogens is 153 g/mol. The molecule has 1 rings (SSSR count). The van der Waals surface area contributed by atoms with Crippen molar-refractivity contribution in [3.8, 4) is 0 Å². The van der Waals surface area contributed by atoms with Crippen molar-refractivity contribution in [1.82, 2.24) is 0 Å². The second kappa shape index (κ2) is 3.03. The topological polar surface area (TPSA) is 0 Å². The predicted octanol–water partition coefficient (Wildman–Crippen LogP) is 3.38. The molecule has 1 saturated carbocycles. The summed E-state index contributed by atoms with van der Waals surface area (Å²) in [5, 5.41) is 0. The Labute approximate surface area is 64.8 Å². The van der Waals surface area contributed by atoms with Crippen molar-refractivity contribution in [3.63, 3.8) is 0 Å². The molecule has 0 bridgehead atoms. The zero-order valence-electron chi connectivity index (χ0n) is 6.62. The van der Waals surface area contributed by atoms with Crippen LogP contribution in [0.5, 0.6) is 0 Å². The van der Waals surface area contributed by atoms with Crippen LogP contribution < -0.4 is 0 Å². The van der Waals surface area contributed by atoms with Gasteiger partial charge in [-0.2, -0.15) is 13.2 Å². The Morgan fingerprint density at radius 1 is 1.18 bits per heavy atom. The molecule has 0 saturated heterocycles. The molecule has 0 aliphatic heterocycles. The maximum atomic E-state index is 11.8. The lowest BCUT2D eigenvalue weighted by atomic mass is 9.70. The van der Waals surface area contributed by atoms with Gasteiger partial charge in [-0.05, 0) is 24.7 Å². The first kappa shape index (κ1) is 8.88. The Kier molecular flexibility index (Phi) is 2.45. The van der Waals surface area contributed by atoms with E-state index in [1.54, 1.807) is 0 Å². The highest BCUT2D eigenvalue weighted by molar-refractivity contribution is 4.81. The average Bonchev–Trinajstić information content (AvgIpc) is 1.80. The molecule has 0 aromatic rings. The van der Waals surface area contributed by atoms with Gasteiger partial charge in [0.1, 0.15) is 0 Å². The lowest BCUT2D eigenvalue weighted by molar-refractivity contribution is -0.156. The third kappa shape index (κ3) is 2.38. The molecular formula is C8H13F3. The van der Waals surface area contributed by atoms with Crippen LogP contribution in [0.25, 0.3) is 0 Å². The second-order valence-electron chi connectivity index (χ2n) is 3.33. The summed E-state index contributed by atoms with van der Waals surface area (Å²) in [5.74, 6) is 0.275. The normalized spacial score (nSPS) is 31.6. The predicted molar refractivity (Wildman–Crippen MR) is 37.2 cm³/mol. The van der Waals surface area contributed by atoms with E-state index in [1.807, 2.05) is 6.92 Å². The summed E-state index contributed by atoms with van der Waals surface area (Å²) in [4.78, 5) is 0. The SMILES string of the molecule is CCC1CCC1CC(F)(F)F. The van der Waals surface area contributed by atoms with Gasteiger partial charge in [0.05, 0.1) is 0 Å². The summed E-state index contributed by atoms with van der Waals surface area (Å²) in [6.45, 7) is 1.97. The van der Waals surface area contributed by atoms with E-state index in [-0.39, 0.29) is 5.92 Å². The lowest BCUT2D eigenvalue weighted by Crippen LogP contribution is -2.29. The molecule has 0 radical (unpaired) electrons. The zero-order valence-corrected chi connectivity index (χ0v) is 6.62. The third-order valence-corrected chi connectivity index (χ3v) is 2.59. The van der Waals surface area contributed by atoms with E-state index < -0.39 is 12.6 Å². The Morgan fingerprint density at radius 2 is 1.73 bits per heavy atom. The summed E-state index contributed by atoms with van der Waals surface area (Å²) >= 11 is 0. The van der Waals surface area contributed by atoms with Crippen LogP contribution in [0.2, 0.25) is 0 Å². The summed E-state index contributed by atoms with van der Waals surface area (Å²) in [5.41, 5.74) is 0. The van der Waals surface area contributed by atoms with Gasteiger partial charge in [-0.15, -0.1) is 0 Å². The summed E-state index contributed by atoms with van der Waals surface area (Å²) in [7, 11) is 0. The first-order valence-electron chi connectivity index (χ1n) is 4.09. The van der Waals surface area contributed by atoms with Crippen LogP contribution in [0.1, 0.15) is 32.6 Å². The van der Waals surface area contributed by atoms with Gasteiger partial charge >= 0.3 is 6.18 Å². The van der Waals surface area contributed by atoms with Crippen LogP contribution in [0, 0.1) is 11.8 Å². The van der Waals surface area contributed by atoms with Crippen molar-refractivity contribution in [2.24, 2.45) is 11.8 Å². The van der Waals surface area contributed by atoms with Gasteiger partial charge in [0.15, 0.2) is 0 Å². The Morgan fingerprint density at radius 3 is 2.00 bits per heavy atom. The molecule has 1 aliphatic rings. The van der Waals surface area contributed by atoms with Gasteiger partial charge in [0, 0.05) is 6.42 Å². The molecule has 0 N–H and O–H groups in total. The minimum Gasteiger partial charge on any atom is -0.171 e. The molecule has 0 aromatic heterocycles. The summed E-state index contributed by atoms with van der Waals surface area (Å²) in [6.07, 6.45) is -1.83. The number of halogens is 3. The molecule has 0 heterocycles. The molecule has 2 atom stereocenters. The molecule has 0 amide bonds. The van der Waals surface area contributed by atoms with E-state index >= 15 is 0 Å². The highest BCUT2D eigenvalue weighted by Crippen LogP contribution is 2.43. The van der Waals surface area contributed by atoms with Crippen molar-refractivity contribution in [2.45, 2.75) is 38.8 Å². The fourth-order valence-electron chi connectivity index (χ4n) is 1.74. The molecule has 3 heteroatoms. The quantitative estimate of drug-likeness (QED) is 0.590. The molecule has 1 aliphatic carbocycles. The Balaban J connectivity index is 2.27. The number of hydrogen-bond donors (Lipinski definition) is 0. The van der Waals surface area contributed by atoms with Crippen molar-refractivity contribution >= 4 is 0 Å². The minimum atomic E-state index is -3.95. The van der Waals surface area contributed by atoms with Crippen LogP contribution in [0.15, 0.2) is 0 Å². The molecule has 1 fully saturated rings. The van der Waals surface area contributed by atoms with Gasteiger partial charge < -0.3 is 0 Å². The fraction of sp³-hybridized carbons (Fsp3) is 1.00. The van der Waals surface area contributed by atoms with Gasteiger partial charge in [-0.25, -0.2) is 0 Å². The number of alkyl halides is 3. The standard InChI is InChI=1S/C8H13F3/c1-2-6-3-4-7(6)5-8(9,10)11/h6-7H,2-5H2,1H3. The van der Waals surface area contributed by atoms with Crippen LogP contribution in [-0.4, -0.2) is 6.18 Å². The number of hydrogen-bond acceptors (Lipinski definition) is 0. The molecule has 11 heavy (non-hydrogen) atoms. The van der Waals surface area contributed by atoms with Crippen molar-refractivity contribution in [1.29, 1.82) is 0 Å². The van der Waals surface area contributed by atoms with Crippen LogP contribution in [-0.2, 0) is 0 Å². The van der Waals surface area contributed by atoms with E-state index in [0.717, 1.165) is 19.3 Å². The van der Waals surface area contributed by atoms with Crippen molar-refractivity contribution in [2.75, 3.05) is 0 Å². The van der Waals surface area contributed by atoms with Crippen LogP contribution in [0.3, 0.4) is 0 Å². The lowest BCUT2D eigenvalue weighted by Gasteiger charge is -2.36. The maximum absolute atomic E-state index is 11.8. The molecule has 0 spiro atoms. The summed E-state index contributed by atoms with van der Waals surface area (Å²) in [6, 6.07) is 0. The van der Waals surface area contributed by atoms with E-state index in [2.05, 4.69) is 0 Å². The molecule has 0 aromatic carbocycles. The first-order valence-corrected chi connectivity index (χ1v) is 4.09. The van der Waals surface area contributed by atoms with Gasteiger partial charge in [-0.1, -0.05) is 13.3 Å². The van der Waals surface area contributed by atoms with Crippen molar-refractivity contribution in [3.05, 3.63) is 0 Å². The third-order valence-electron chi connectivity index (χ3n) is 2.59. The average molecular weight is 166 g/mol. The number of rotatable bonds is 2. The van der Waals surface area contributed by atoms with Gasteiger partial charge in [0.2, 0.25) is 0 Å². The molecule has 0 nitrogen and oxygen atoms in total. The van der Waals surface area contributed by atoms with Crippen LogP contribution >= 0.6 is 0 Å². The highest BCUT2D eigenvalue weighted by atomic mass is 19.4. The summed E-state index contributed by atoms with van der Waals surface area (Å²) < 4.78 is 35.5. The van der Waals surface area contributed by atoms with Gasteiger partial charge in [0.25, 0.3) is 0 Å². The van der Waals surface area contributed by atoms with E-state index in [0.29, 0.717) is 5.92 Å². The smallest absolute Gasteiger partial charge is 0.171 e. The molecule has 66 valence electrons. The van der Waals surface area contributed by atoms with E-state index in [9.17, 15) is 13.2 Å². The first-order chi connectivity index (χ1) is 5.03. The van der Waals surface area contributed by atoms with E-state index in [1.165, 1.54) is 0 Å². The van der Waals surface area contributed by atoms with Gasteiger partial charge in [-0.3, -0.25) is 0 Å². The monoisotopic (exact) mass is 166 g/mol. The maximum Gasteiger partial charge on any atom is 0.389 e. The Hall–Kier alpha value is -0.210. The largest absolute Gasteiger partial charge is 0.389 e.